The summed E-state index contributed by atoms with van der Waals surface area (Å²) < 4.78 is 8.44. The van der Waals surface area contributed by atoms with Gasteiger partial charge in [-0.2, -0.15) is 5.10 Å². The minimum absolute atomic E-state index is 0.818. The lowest BCUT2D eigenvalue weighted by Gasteiger charge is -2.26. The summed E-state index contributed by atoms with van der Waals surface area (Å²) in [5, 5.41) is 4.35. The zero-order valence-electron chi connectivity index (χ0n) is 10.3. The molecule has 2 aromatic heterocycles. The van der Waals surface area contributed by atoms with Crippen molar-refractivity contribution in [3.05, 3.63) is 28.3 Å². The van der Waals surface area contributed by atoms with Crippen LogP contribution in [-0.4, -0.2) is 45.8 Å². The van der Waals surface area contributed by atoms with Gasteiger partial charge in [0.05, 0.1) is 30.6 Å². The van der Waals surface area contributed by atoms with Gasteiger partial charge in [-0.25, -0.2) is 9.50 Å². The Bertz CT molecular complexity index is 562. The summed E-state index contributed by atoms with van der Waals surface area (Å²) in [6.07, 6.45) is 3.43. The van der Waals surface area contributed by atoms with Crippen molar-refractivity contribution in [2.75, 3.05) is 26.3 Å². The molecule has 1 fully saturated rings. The van der Waals surface area contributed by atoms with Crippen molar-refractivity contribution in [3.8, 4) is 0 Å². The quantitative estimate of drug-likeness (QED) is 0.845. The highest BCUT2D eigenvalue weighted by atomic mass is 79.9. The summed E-state index contributed by atoms with van der Waals surface area (Å²) in [5.41, 5.74) is 3.49. The van der Waals surface area contributed by atoms with Crippen LogP contribution in [0.15, 0.2) is 17.0 Å². The second-order valence-electron chi connectivity index (χ2n) is 4.48. The van der Waals surface area contributed by atoms with Crippen molar-refractivity contribution in [2.24, 2.45) is 0 Å². The Morgan fingerprint density at radius 1 is 1.39 bits per heavy atom. The van der Waals surface area contributed by atoms with E-state index in [1.54, 1.807) is 6.33 Å². The van der Waals surface area contributed by atoms with E-state index in [4.69, 9.17) is 4.74 Å². The number of hydrogen-bond acceptors (Lipinski definition) is 4. The summed E-state index contributed by atoms with van der Waals surface area (Å²) in [6.45, 7) is 6.62. The average Bonchev–Trinajstić information content (AvgIpc) is 2.66. The third kappa shape index (κ3) is 2.04. The fourth-order valence-electron chi connectivity index (χ4n) is 2.30. The molecule has 0 N–H and O–H groups in total. The Morgan fingerprint density at radius 2 is 2.17 bits per heavy atom. The maximum absolute atomic E-state index is 5.38. The Morgan fingerprint density at radius 3 is 2.94 bits per heavy atom. The normalized spacial score (nSPS) is 17.4. The van der Waals surface area contributed by atoms with E-state index in [1.165, 1.54) is 11.3 Å². The smallest absolute Gasteiger partial charge is 0.136 e. The highest BCUT2D eigenvalue weighted by molar-refractivity contribution is 9.10. The van der Waals surface area contributed by atoms with Crippen molar-refractivity contribution in [1.29, 1.82) is 0 Å². The van der Waals surface area contributed by atoms with Gasteiger partial charge in [0.25, 0.3) is 0 Å². The molecule has 18 heavy (non-hydrogen) atoms. The molecule has 3 heterocycles. The van der Waals surface area contributed by atoms with E-state index in [0.29, 0.717) is 0 Å². The zero-order chi connectivity index (χ0) is 12.5. The van der Waals surface area contributed by atoms with Gasteiger partial charge in [0, 0.05) is 24.1 Å². The molecule has 1 aliphatic rings. The van der Waals surface area contributed by atoms with E-state index >= 15 is 0 Å². The maximum Gasteiger partial charge on any atom is 0.136 e. The van der Waals surface area contributed by atoms with Crippen LogP contribution in [0.1, 0.15) is 11.3 Å². The molecule has 0 amide bonds. The van der Waals surface area contributed by atoms with Crippen molar-refractivity contribution in [3.63, 3.8) is 0 Å². The standard InChI is InChI=1S/C12H15BrN4O/c1-9-11(7-16-2-4-18-5-3-16)17-10(12(9)13)6-14-8-15-17/h6,8H,2-5,7H2,1H3. The Hall–Kier alpha value is -0.980. The highest BCUT2D eigenvalue weighted by Gasteiger charge is 2.18. The van der Waals surface area contributed by atoms with Gasteiger partial charge >= 0.3 is 0 Å². The van der Waals surface area contributed by atoms with Gasteiger partial charge in [0.15, 0.2) is 0 Å². The summed E-state index contributed by atoms with van der Waals surface area (Å²) in [6, 6.07) is 0. The lowest BCUT2D eigenvalue weighted by molar-refractivity contribution is 0.0333. The minimum Gasteiger partial charge on any atom is -0.379 e. The van der Waals surface area contributed by atoms with Crippen LogP contribution in [-0.2, 0) is 11.3 Å². The number of aromatic nitrogens is 3. The largest absolute Gasteiger partial charge is 0.379 e. The number of rotatable bonds is 2. The summed E-state index contributed by atoms with van der Waals surface area (Å²) in [5.74, 6) is 0. The van der Waals surface area contributed by atoms with Crippen molar-refractivity contribution >= 4 is 21.4 Å². The van der Waals surface area contributed by atoms with Crippen molar-refractivity contribution in [1.82, 2.24) is 19.5 Å². The Labute approximate surface area is 114 Å². The maximum atomic E-state index is 5.38. The number of morpholine rings is 1. The van der Waals surface area contributed by atoms with Crippen LogP contribution in [0.25, 0.3) is 5.52 Å². The lowest BCUT2D eigenvalue weighted by atomic mass is 10.2. The molecule has 5 nitrogen and oxygen atoms in total. The molecule has 0 spiro atoms. The predicted octanol–water partition coefficient (Wildman–Crippen LogP) is 1.63. The predicted molar refractivity (Wildman–Crippen MR) is 71.5 cm³/mol. The van der Waals surface area contributed by atoms with Crippen LogP contribution in [0.4, 0.5) is 0 Å². The molecule has 0 radical (unpaired) electrons. The number of halogens is 1. The van der Waals surface area contributed by atoms with Crippen LogP contribution < -0.4 is 0 Å². The van der Waals surface area contributed by atoms with E-state index in [2.05, 4.69) is 37.8 Å². The van der Waals surface area contributed by atoms with Crippen LogP contribution in [0, 0.1) is 6.92 Å². The third-order valence-electron chi connectivity index (χ3n) is 3.38. The SMILES string of the molecule is Cc1c(Br)c2cncnn2c1CN1CCOCC1. The first kappa shape index (κ1) is 12.1. The highest BCUT2D eigenvalue weighted by Crippen LogP contribution is 2.27. The first-order chi connectivity index (χ1) is 8.77. The molecular formula is C12H15BrN4O. The van der Waals surface area contributed by atoms with Gasteiger partial charge in [-0.3, -0.25) is 4.90 Å². The molecule has 1 saturated heterocycles. The molecule has 0 saturated carbocycles. The van der Waals surface area contributed by atoms with Crippen molar-refractivity contribution in [2.45, 2.75) is 13.5 Å². The molecule has 2 aromatic rings. The van der Waals surface area contributed by atoms with Crippen LogP contribution in [0.3, 0.4) is 0 Å². The van der Waals surface area contributed by atoms with Gasteiger partial charge in [-0.05, 0) is 28.4 Å². The van der Waals surface area contributed by atoms with Gasteiger partial charge in [0.2, 0.25) is 0 Å². The van der Waals surface area contributed by atoms with E-state index in [-0.39, 0.29) is 0 Å². The van der Waals surface area contributed by atoms with Crippen LogP contribution in [0.5, 0.6) is 0 Å². The minimum atomic E-state index is 0.818. The molecule has 0 aromatic carbocycles. The monoisotopic (exact) mass is 310 g/mol. The first-order valence-electron chi connectivity index (χ1n) is 6.03. The summed E-state index contributed by atoms with van der Waals surface area (Å²) in [4.78, 5) is 6.48. The molecule has 0 unspecified atom stereocenters. The molecule has 0 atom stereocenters. The van der Waals surface area contributed by atoms with Crippen molar-refractivity contribution < 1.29 is 4.74 Å². The Balaban J connectivity index is 1.97. The number of hydrogen-bond donors (Lipinski definition) is 0. The molecule has 96 valence electrons. The fourth-order valence-corrected chi connectivity index (χ4v) is 2.80. The summed E-state index contributed by atoms with van der Waals surface area (Å²) >= 11 is 3.62. The van der Waals surface area contributed by atoms with Gasteiger partial charge < -0.3 is 4.74 Å². The number of fused-ring (bicyclic) bond motifs is 1. The topological polar surface area (TPSA) is 42.7 Å². The lowest BCUT2D eigenvalue weighted by Crippen LogP contribution is -2.36. The van der Waals surface area contributed by atoms with Gasteiger partial charge in [0.1, 0.15) is 6.33 Å². The van der Waals surface area contributed by atoms with Gasteiger partial charge in [-0.15, -0.1) is 0 Å². The summed E-state index contributed by atoms with van der Waals surface area (Å²) in [7, 11) is 0. The zero-order valence-corrected chi connectivity index (χ0v) is 11.9. The van der Waals surface area contributed by atoms with E-state index in [1.807, 2.05) is 10.7 Å². The van der Waals surface area contributed by atoms with Gasteiger partial charge in [-0.1, -0.05) is 0 Å². The second-order valence-corrected chi connectivity index (χ2v) is 5.27. The first-order valence-corrected chi connectivity index (χ1v) is 6.82. The van der Waals surface area contributed by atoms with E-state index in [0.717, 1.165) is 42.8 Å². The average molecular weight is 311 g/mol. The van der Waals surface area contributed by atoms with Crippen LogP contribution in [0.2, 0.25) is 0 Å². The number of nitrogens with zero attached hydrogens (tertiary/aromatic N) is 4. The van der Waals surface area contributed by atoms with Crippen LogP contribution >= 0.6 is 15.9 Å². The molecule has 0 bridgehead atoms. The number of ether oxygens (including phenoxy) is 1. The molecule has 6 heteroatoms. The molecule has 1 aliphatic heterocycles. The molecule has 0 aliphatic carbocycles. The fraction of sp³-hybridized carbons (Fsp3) is 0.500. The molecular weight excluding hydrogens is 296 g/mol. The van der Waals surface area contributed by atoms with E-state index < -0.39 is 0 Å². The third-order valence-corrected chi connectivity index (χ3v) is 4.38. The second kappa shape index (κ2) is 4.95. The van der Waals surface area contributed by atoms with E-state index in [9.17, 15) is 0 Å². The Kier molecular flexibility index (Phi) is 3.32. The molecule has 3 rings (SSSR count).